The molecular weight excluding hydrogens is 184 g/mol. The van der Waals surface area contributed by atoms with Crippen LogP contribution in [0.25, 0.3) is 0 Å². The Morgan fingerprint density at radius 2 is 1.80 bits per heavy atom. The molecule has 0 spiro atoms. The molecule has 0 aromatic carbocycles. The summed E-state index contributed by atoms with van der Waals surface area (Å²) in [7, 11) is 0. The summed E-state index contributed by atoms with van der Waals surface area (Å²) in [5.74, 6) is 0. The molecule has 0 rings (SSSR count). The Hall–Kier alpha value is -0.0800. The van der Waals surface area contributed by atoms with Crippen molar-refractivity contribution < 1.29 is 0 Å². The lowest BCUT2D eigenvalue weighted by atomic mass is 9.82. The molecular formula is C13H30N2. The fraction of sp³-hybridized carbons (Fsp3) is 1.00. The second-order valence-corrected chi connectivity index (χ2v) is 4.84. The molecule has 0 aliphatic heterocycles. The van der Waals surface area contributed by atoms with Crippen molar-refractivity contribution in [3.8, 4) is 0 Å². The van der Waals surface area contributed by atoms with E-state index in [-0.39, 0.29) is 0 Å². The van der Waals surface area contributed by atoms with E-state index < -0.39 is 0 Å². The molecule has 0 radical (unpaired) electrons. The van der Waals surface area contributed by atoms with Gasteiger partial charge in [-0.25, -0.2) is 0 Å². The van der Waals surface area contributed by atoms with E-state index in [1.807, 2.05) is 0 Å². The molecule has 0 amide bonds. The highest BCUT2D eigenvalue weighted by Crippen LogP contribution is 2.23. The predicted octanol–water partition coefficient (Wildman–Crippen LogP) is 2.92. The largest absolute Gasteiger partial charge is 0.330 e. The van der Waals surface area contributed by atoms with Crippen LogP contribution in [-0.2, 0) is 0 Å². The van der Waals surface area contributed by atoms with Gasteiger partial charge in [0.1, 0.15) is 0 Å². The normalized spacial score (nSPS) is 14.2. The first-order chi connectivity index (χ1) is 7.14. The third-order valence-corrected chi connectivity index (χ3v) is 3.75. The van der Waals surface area contributed by atoms with Crippen molar-refractivity contribution in [3.05, 3.63) is 0 Å². The van der Waals surface area contributed by atoms with E-state index in [9.17, 15) is 0 Å². The van der Waals surface area contributed by atoms with E-state index in [1.54, 1.807) is 0 Å². The van der Waals surface area contributed by atoms with Gasteiger partial charge >= 0.3 is 0 Å². The summed E-state index contributed by atoms with van der Waals surface area (Å²) in [6.07, 6.45) is 6.24. The van der Waals surface area contributed by atoms with Crippen LogP contribution in [0.1, 0.15) is 59.8 Å². The molecule has 1 atom stereocenters. The van der Waals surface area contributed by atoms with E-state index in [0.29, 0.717) is 11.5 Å². The van der Waals surface area contributed by atoms with Crippen molar-refractivity contribution >= 4 is 0 Å². The molecule has 0 saturated heterocycles. The second-order valence-electron chi connectivity index (χ2n) is 4.84. The van der Waals surface area contributed by atoms with Crippen LogP contribution in [0.3, 0.4) is 0 Å². The van der Waals surface area contributed by atoms with Crippen LogP contribution in [0.2, 0.25) is 0 Å². The number of hydrogen-bond donors (Lipinski definition) is 2. The van der Waals surface area contributed by atoms with Gasteiger partial charge in [0.2, 0.25) is 0 Å². The molecule has 92 valence electrons. The molecule has 3 N–H and O–H groups in total. The molecule has 0 aliphatic carbocycles. The lowest BCUT2D eigenvalue weighted by Gasteiger charge is -2.32. The van der Waals surface area contributed by atoms with Gasteiger partial charge in [0.15, 0.2) is 0 Å². The maximum Gasteiger partial charge on any atom is 0.00389 e. The molecule has 0 heterocycles. The third kappa shape index (κ3) is 5.53. The summed E-state index contributed by atoms with van der Waals surface area (Å²) in [6, 6.07) is 0.633. The van der Waals surface area contributed by atoms with E-state index in [2.05, 4.69) is 33.0 Å². The minimum absolute atomic E-state index is 0.320. The molecule has 0 aliphatic rings. The van der Waals surface area contributed by atoms with Gasteiger partial charge in [-0.05, 0) is 38.1 Å². The zero-order chi connectivity index (χ0) is 11.7. The minimum atomic E-state index is 0.320. The lowest BCUT2D eigenvalue weighted by Crippen LogP contribution is -2.42. The Bertz CT molecular complexity index is 133. The van der Waals surface area contributed by atoms with Crippen LogP contribution in [0.5, 0.6) is 0 Å². The van der Waals surface area contributed by atoms with Crippen molar-refractivity contribution in [2.24, 2.45) is 11.1 Å². The lowest BCUT2D eigenvalue weighted by molar-refractivity contribution is 0.246. The smallest absolute Gasteiger partial charge is 0.00389 e. The second kappa shape index (κ2) is 8.12. The first kappa shape index (κ1) is 14.9. The van der Waals surface area contributed by atoms with Gasteiger partial charge in [0.25, 0.3) is 0 Å². The highest BCUT2D eigenvalue weighted by atomic mass is 14.9. The molecule has 0 aromatic rings. The van der Waals surface area contributed by atoms with Gasteiger partial charge in [-0.15, -0.1) is 0 Å². The minimum Gasteiger partial charge on any atom is -0.330 e. The monoisotopic (exact) mass is 214 g/mol. The SMILES string of the molecule is CCCCC(C)NCC(CC)(CC)CN. The van der Waals surface area contributed by atoms with Crippen LogP contribution in [0, 0.1) is 5.41 Å². The zero-order valence-electron chi connectivity index (χ0n) is 11.1. The zero-order valence-corrected chi connectivity index (χ0v) is 11.1. The van der Waals surface area contributed by atoms with Crippen LogP contribution in [-0.4, -0.2) is 19.1 Å². The van der Waals surface area contributed by atoms with E-state index in [0.717, 1.165) is 13.1 Å². The topological polar surface area (TPSA) is 38.0 Å². The number of nitrogens with two attached hydrogens (primary N) is 1. The van der Waals surface area contributed by atoms with Crippen LogP contribution in [0.15, 0.2) is 0 Å². The van der Waals surface area contributed by atoms with Crippen molar-refractivity contribution in [2.75, 3.05) is 13.1 Å². The number of nitrogens with one attached hydrogen (secondary N) is 1. The van der Waals surface area contributed by atoms with Crippen LogP contribution in [0.4, 0.5) is 0 Å². The summed E-state index contributed by atoms with van der Waals surface area (Å²) < 4.78 is 0. The van der Waals surface area contributed by atoms with E-state index >= 15 is 0 Å². The molecule has 1 unspecified atom stereocenters. The average molecular weight is 214 g/mol. The maximum atomic E-state index is 5.88. The maximum absolute atomic E-state index is 5.88. The Labute approximate surface area is 96.0 Å². The molecule has 0 fully saturated rings. The van der Waals surface area contributed by atoms with Gasteiger partial charge in [-0.1, -0.05) is 33.6 Å². The average Bonchev–Trinajstić information content (AvgIpc) is 2.29. The predicted molar refractivity (Wildman–Crippen MR) is 69.1 cm³/mol. The first-order valence-corrected chi connectivity index (χ1v) is 6.57. The van der Waals surface area contributed by atoms with E-state index in [4.69, 9.17) is 5.73 Å². The molecule has 15 heavy (non-hydrogen) atoms. The number of unbranched alkanes of at least 4 members (excludes halogenated alkanes) is 1. The Balaban J connectivity index is 3.88. The highest BCUT2D eigenvalue weighted by molar-refractivity contribution is 4.81. The molecule has 0 aromatic heterocycles. The van der Waals surface area contributed by atoms with Gasteiger partial charge in [-0.3, -0.25) is 0 Å². The van der Waals surface area contributed by atoms with Crippen molar-refractivity contribution in [2.45, 2.75) is 65.8 Å². The van der Waals surface area contributed by atoms with E-state index in [1.165, 1.54) is 32.1 Å². The van der Waals surface area contributed by atoms with Crippen LogP contribution < -0.4 is 11.1 Å². The quantitative estimate of drug-likeness (QED) is 0.619. The standard InChI is InChI=1S/C13H30N2/c1-5-8-9-12(4)15-11-13(6-2,7-3)10-14/h12,15H,5-11,14H2,1-4H3. The fourth-order valence-electron chi connectivity index (χ4n) is 1.86. The molecule has 2 nitrogen and oxygen atoms in total. The Kier molecular flexibility index (Phi) is 8.07. The summed E-state index contributed by atoms with van der Waals surface area (Å²) in [5, 5.41) is 3.63. The number of rotatable bonds is 9. The van der Waals surface area contributed by atoms with Crippen molar-refractivity contribution in [1.29, 1.82) is 0 Å². The molecule has 2 heteroatoms. The fourth-order valence-corrected chi connectivity index (χ4v) is 1.86. The van der Waals surface area contributed by atoms with Gasteiger partial charge in [-0.2, -0.15) is 0 Å². The van der Waals surface area contributed by atoms with Gasteiger partial charge in [0, 0.05) is 12.6 Å². The van der Waals surface area contributed by atoms with Crippen molar-refractivity contribution in [1.82, 2.24) is 5.32 Å². The first-order valence-electron chi connectivity index (χ1n) is 6.57. The van der Waals surface area contributed by atoms with Gasteiger partial charge in [0.05, 0.1) is 0 Å². The van der Waals surface area contributed by atoms with Crippen LogP contribution >= 0.6 is 0 Å². The Morgan fingerprint density at radius 3 is 2.20 bits per heavy atom. The third-order valence-electron chi connectivity index (χ3n) is 3.75. The summed E-state index contributed by atoms with van der Waals surface area (Å²) in [6.45, 7) is 10.9. The summed E-state index contributed by atoms with van der Waals surface area (Å²) >= 11 is 0. The Morgan fingerprint density at radius 1 is 1.20 bits per heavy atom. The summed E-state index contributed by atoms with van der Waals surface area (Å²) in [4.78, 5) is 0. The van der Waals surface area contributed by atoms with Crippen molar-refractivity contribution in [3.63, 3.8) is 0 Å². The molecule has 0 bridgehead atoms. The molecule has 0 saturated carbocycles. The number of hydrogen-bond acceptors (Lipinski definition) is 2. The highest BCUT2D eigenvalue weighted by Gasteiger charge is 2.24. The summed E-state index contributed by atoms with van der Waals surface area (Å²) in [5.41, 5.74) is 6.20. The van der Waals surface area contributed by atoms with Gasteiger partial charge < -0.3 is 11.1 Å².